The highest BCUT2D eigenvalue weighted by atomic mass is 16.5. The number of benzene rings is 1. The number of hydrogen-bond acceptors (Lipinski definition) is 4. The SMILES string of the molecule is CCOC(=O)c1c(C)oc2ccc(OC3CC4CCCC4C3)cc12. The summed E-state index contributed by atoms with van der Waals surface area (Å²) in [6.07, 6.45) is 6.73. The molecule has 2 atom stereocenters. The lowest BCUT2D eigenvalue weighted by atomic mass is 10.0. The number of aryl methyl sites for hydroxylation is 1. The normalized spacial score (nSPS) is 25.8. The molecule has 0 amide bonds. The summed E-state index contributed by atoms with van der Waals surface area (Å²) in [5, 5.41) is 0.779. The van der Waals surface area contributed by atoms with Gasteiger partial charge in [0.2, 0.25) is 0 Å². The van der Waals surface area contributed by atoms with Gasteiger partial charge in [-0.3, -0.25) is 0 Å². The Balaban J connectivity index is 1.58. The van der Waals surface area contributed by atoms with E-state index in [1.165, 1.54) is 19.3 Å². The molecule has 0 bridgehead atoms. The van der Waals surface area contributed by atoms with E-state index in [-0.39, 0.29) is 5.97 Å². The van der Waals surface area contributed by atoms with E-state index >= 15 is 0 Å². The van der Waals surface area contributed by atoms with Crippen molar-refractivity contribution in [3.05, 3.63) is 29.5 Å². The number of hydrogen-bond donors (Lipinski definition) is 0. The van der Waals surface area contributed by atoms with Gasteiger partial charge in [-0.05, 0) is 56.7 Å². The third kappa shape index (κ3) is 2.68. The lowest BCUT2D eigenvalue weighted by molar-refractivity contribution is 0.0526. The fraction of sp³-hybridized carbons (Fsp3) is 0.550. The maximum atomic E-state index is 12.2. The summed E-state index contributed by atoms with van der Waals surface area (Å²) in [6.45, 7) is 3.96. The van der Waals surface area contributed by atoms with Crippen molar-refractivity contribution in [2.24, 2.45) is 11.8 Å². The van der Waals surface area contributed by atoms with Crippen LogP contribution in [0.5, 0.6) is 5.75 Å². The highest BCUT2D eigenvalue weighted by Crippen LogP contribution is 2.45. The maximum Gasteiger partial charge on any atom is 0.342 e. The van der Waals surface area contributed by atoms with E-state index in [0.29, 0.717) is 29.6 Å². The van der Waals surface area contributed by atoms with E-state index in [4.69, 9.17) is 13.9 Å². The third-order valence-corrected chi connectivity index (χ3v) is 5.57. The minimum absolute atomic E-state index is 0.303. The Kier molecular flexibility index (Phi) is 3.99. The lowest BCUT2D eigenvalue weighted by Gasteiger charge is -2.14. The van der Waals surface area contributed by atoms with Crippen molar-refractivity contribution in [3.63, 3.8) is 0 Å². The molecule has 2 aliphatic carbocycles. The largest absolute Gasteiger partial charge is 0.490 e. The van der Waals surface area contributed by atoms with Crippen molar-refractivity contribution < 1.29 is 18.7 Å². The van der Waals surface area contributed by atoms with Crippen LogP contribution in [-0.4, -0.2) is 18.7 Å². The first kappa shape index (κ1) is 15.6. The second-order valence-corrected chi connectivity index (χ2v) is 7.07. The van der Waals surface area contributed by atoms with Crippen molar-refractivity contribution in [1.82, 2.24) is 0 Å². The van der Waals surface area contributed by atoms with Gasteiger partial charge in [0.25, 0.3) is 0 Å². The van der Waals surface area contributed by atoms with Gasteiger partial charge in [0.05, 0.1) is 12.7 Å². The molecule has 128 valence electrons. The topological polar surface area (TPSA) is 48.7 Å². The summed E-state index contributed by atoms with van der Waals surface area (Å²) in [5.41, 5.74) is 1.21. The maximum absolute atomic E-state index is 12.2. The van der Waals surface area contributed by atoms with Crippen molar-refractivity contribution >= 4 is 16.9 Å². The number of ether oxygens (including phenoxy) is 2. The molecule has 2 fully saturated rings. The van der Waals surface area contributed by atoms with Gasteiger partial charge in [-0.2, -0.15) is 0 Å². The number of esters is 1. The molecular weight excluding hydrogens is 304 g/mol. The zero-order chi connectivity index (χ0) is 16.7. The van der Waals surface area contributed by atoms with Gasteiger partial charge in [-0.25, -0.2) is 4.79 Å². The van der Waals surface area contributed by atoms with E-state index in [0.717, 1.165) is 35.8 Å². The van der Waals surface area contributed by atoms with Crippen LogP contribution in [0, 0.1) is 18.8 Å². The summed E-state index contributed by atoms with van der Waals surface area (Å²) < 4.78 is 17.1. The Morgan fingerprint density at radius 2 is 2.00 bits per heavy atom. The zero-order valence-electron chi connectivity index (χ0n) is 14.3. The van der Waals surface area contributed by atoms with Gasteiger partial charge in [0.1, 0.15) is 22.7 Å². The Morgan fingerprint density at radius 1 is 1.25 bits per heavy atom. The smallest absolute Gasteiger partial charge is 0.342 e. The summed E-state index contributed by atoms with van der Waals surface area (Å²) in [5.74, 6) is 2.78. The molecule has 4 nitrogen and oxygen atoms in total. The molecule has 1 aromatic carbocycles. The molecule has 0 aliphatic heterocycles. The standard InChI is InChI=1S/C20H24O4/c1-3-22-20(21)19-12(2)23-18-8-7-15(11-17(18)19)24-16-9-13-5-4-6-14(13)10-16/h7-8,11,13-14,16H,3-6,9-10H2,1-2H3. The fourth-order valence-corrected chi connectivity index (χ4v) is 4.52. The second kappa shape index (κ2) is 6.15. The minimum atomic E-state index is -0.332. The molecule has 2 unspecified atom stereocenters. The quantitative estimate of drug-likeness (QED) is 0.751. The molecule has 2 aliphatic rings. The van der Waals surface area contributed by atoms with Crippen LogP contribution in [0.3, 0.4) is 0 Å². The number of carbonyl (C=O) groups excluding carboxylic acids is 1. The average molecular weight is 328 g/mol. The van der Waals surface area contributed by atoms with Gasteiger partial charge in [0, 0.05) is 5.39 Å². The summed E-state index contributed by atoms with van der Waals surface area (Å²) in [4.78, 5) is 12.2. The van der Waals surface area contributed by atoms with Gasteiger partial charge >= 0.3 is 5.97 Å². The Bertz CT molecular complexity index is 748. The molecule has 0 N–H and O–H groups in total. The highest BCUT2D eigenvalue weighted by molar-refractivity contribution is 6.04. The number of furan rings is 1. The number of rotatable bonds is 4. The minimum Gasteiger partial charge on any atom is -0.490 e. The number of carbonyl (C=O) groups is 1. The van der Waals surface area contributed by atoms with E-state index in [2.05, 4.69) is 0 Å². The van der Waals surface area contributed by atoms with Gasteiger partial charge in [-0.15, -0.1) is 0 Å². The molecule has 0 spiro atoms. The number of fused-ring (bicyclic) bond motifs is 2. The monoisotopic (exact) mass is 328 g/mol. The third-order valence-electron chi connectivity index (χ3n) is 5.57. The van der Waals surface area contributed by atoms with Crippen LogP contribution >= 0.6 is 0 Å². The predicted octanol–water partition coefficient (Wildman–Crippen LogP) is 4.88. The first-order chi connectivity index (χ1) is 11.7. The molecule has 1 aromatic heterocycles. The summed E-state index contributed by atoms with van der Waals surface area (Å²) in [7, 11) is 0. The van der Waals surface area contributed by atoms with Crippen molar-refractivity contribution in [3.8, 4) is 5.75 Å². The van der Waals surface area contributed by atoms with Crippen LogP contribution in [0.4, 0.5) is 0 Å². The Hall–Kier alpha value is -1.97. The van der Waals surface area contributed by atoms with Crippen LogP contribution in [0.25, 0.3) is 11.0 Å². The van der Waals surface area contributed by atoms with Crippen molar-refractivity contribution in [1.29, 1.82) is 0 Å². The molecule has 0 saturated heterocycles. The first-order valence-corrected chi connectivity index (χ1v) is 9.02. The Labute approximate surface area is 142 Å². The zero-order valence-corrected chi connectivity index (χ0v) is 14.3. The van der Waals surface area contributed by atoms with Gasteiger partial charge < -0.3 is 13.9 Å². The van der Waals surface area contributed by atoms with Crippen LogP contribution < -0.4 is 4.74 Å². The predicted molar refractivity (Wildman–Crippen MR) is 91.4 cm³/mol. The van der Waals surface area contributed by atoms with E-state index in [1.54, 1.807) is 13.8 Å². The van der Waals surface area contributed by atoms with Crippen LogP contribution in [0.1, 0.15) is 55.1 Å². The van der Waals surface area contributed by atoms with Crippen molar-refractivity contribution in [2.75, 3.05) is 6.61 Å². The second-order valence-electron chi connectivity index (χ2n) is 7.07. The molecular formula is C20H24O4. The summed E-state index contributed by atoms with van der Waals surface area (Å²) in [6, 6.07) is 5.75. The van der Waals surface area contributed by atoms with Crippen molar-refractivity contribution in [2.45, 2.75) is 52.1 Å². The van der Waals surface area contributed by atoms with Crippen LogP contribution in [0.2, 0.25) is 0 Å². The summed E-state index contributed by atoms with van der Waals surface area (Å²) >= 11 is 0. The highest BCUT2D eigenvalue weighted by Gasteiger charge is 2.38. The molecule has 0 radical (unpaired) electrons. The fourth-order valence-electron chi connectivity index (χ4n) is 4.52. The van der Waals surface area contributed by atoms with Gasteiger partial charge in [-0.1, -0.05) is 19.3 Å². The molecule has 1 heterocycles. The molecule has 24 heavy (non-hydrogen) atoms. The van der Waals surface area contributed by atoms with E-state index in [9.17, 15) is 4.79 Å². The molecule has 2 aromatic rings. The molecule has 4 rings (SSSR count). The van der Waals surface area contributed by atoms with Crippen LogP contribution in [0.15, 0.2) is 22.6 Å². The average Bonchev–Trinajstić information content (AvgIpc) is 3.19. The van der Waals surface area contributed by atoms with Crippen LogP contribution in [-0.2, 0) is 4.74 Å². The molecule has 2 saturated carbocycles. The molecule has 4 heteroatoms. The van der Waals surface area contributed by atoms with E-state index in [1.807, 2.05) is 18.2 Å². The van der Waals surface area contributed by atoms with Gasteiger partial charge in [0.15, 0.2) is 0 Å². The first-order valence-electron chi connectivity index (χ1n) is 9.02. The Morgan fingerprint density at radius 3 is 2.71 bits per heavy atom. The van der Waals surface area contributed by atoms with E-state index < -0.39 is 0 Å². The lowest BCUT2D eigenvalue weighted by Crippen LogP contribution is -2.13.